The van der Waals surface area contributed by atoms with Crippen LogP contribution in [0.1, 0.15) is 16.2 Å². The molecule has 5 nitrogen and oxygen atoms in total. The first-order valence-corrected chi connectivity index (χ1v) is 7.77. The number of thiocyanates is 1. The Hall–Kier alpha value is -2.30. The van der Waals surface area contributed by atoms with E-state index in [4.69, 9.17) is 5.26 Å². The van der Waals surface area contributed by atoms with Crippen LogP contribution in [0.15, 0.2) is 40.7 Å². The fourth-order valence-electron chi connectivity index (χ4n) is 1.86. The van der Waals surface area contributed by atoms with E-state index in [0.717, 1.165) is 27.3 Å². The molecule has 0 radical (unpaired) electrons. The zero-order chi connectivity index (χ0) is 14.8. The van der Waals surface area contributed by atoms with Crippen molar-refractivity contribution in [1.82, 2.24) is 9.38 Å². The number of aromatic nitrogens is 2. The van der Waals surface area contributed by atoms with E-state index in [-0.39, 0.29) is 5.91 Å². The largest absolute Gasteiger partial charge is 0.321 e. The van der Waals surface area contributed by atoms with E-state index in [9.17, 15) is 4.79 Å². The van der Waals surface area contributed by atoms with Crippen LogP contribution in [0.2, 0.25) is 0 Å². The highest BCUT2D eigenvalue weighted by Crippen LogP contribution is 2.20. The molecule has 21 heavy (non-hydrogen) atoms. The third-order valence-electron chi connectivity index (χ3n) is 2.90. The number of anilines is 1. The molecule has 2 heterocycles. The molecule has 0 unspecified atom stereocenters. The van der Waals surface area contributed by atoms with Crippen molar-refractivity contribution in [2.45, 2.75) is 11.8 Å². The van der Waals surface area contributed by atoms with Gasteiger partial charge in [-0.2, -0.15) is 5.26 Å². The predicted molar refractivity (Wildman–Crippen MR) is 83.7 cm³/mol. The molecule has 0 spiro atoms. The van der Waals surface area contributed by atoms with Crippen LogP contribution in [0.4, 0.5) is 5.69 Å². The van der Waals surface area contributed by atoms with E-state index in [1.165, 1.54) is 11.3 Å². The zero-order valence-electron chi connectivity index (χ0n) is 11.0. The van der Waals surface area contributed by atoms with Crippen molar-refractivity contribution >= 4 is 39.7 Å². The van der Waals surface area contributed by atoms with Gasteiger partial charge in [0.25, 0.3) is 5.91 Å². The lowest BCUT2D eigenvalue weighted by atomic mass is 10.3. The summed E-state index contributed by atoms with van der Waals surface area (Å²) in [7, 11) is 0. The summed E-state index contributed by atoms with van der Waals surface area (Å²) < 4.78 is 1.90. The van der Waals surface area contributed by atoms with Crippen molar-refractivity contribution in [3.8, 4) is 5.40 Å². The molecule has 3 rings (SSSR count). The third-order valence-corrected chi connectivity index (χ3v) is 4.45. The second-order valence-corrected chi connectivity index (χ2v) is 6.02. The first-order chi connectivity index (χ1) is 10.2. The number of hydrogen-bond donors (Lipinski definition) is 1. The fourth-order valence-corrected chi connectivity index (χ4v) is 3.09. The summed E-state index contributed by atoms with van der Waals surface area (Å²) in [5.41, 5.74) is 2.12. The number of rotatable bonds is 3. The van der Waals surface area contributed by atoms with Gasteiger partial charge in [0.15, 0.2) is 4.96 Å². The number of nitriles is 1. The highest BCUT2D eigenvalue weighted by Gasteiger charge is 2.12. The monoisotopic (exact) mass is 314 g/mol. The van der Waals surface area contributed by atoms with Crippen molar-refractivity contribution in [3.05, 3.63) is 47.2 Å². The van der Waals surface area contributed by atoms with Crippen molar-refractivity contribution in [3.63, 3.8) is 0 Å². The molecule has 0 saturated heterocycles. The number of carbonyl (C=O) groups is 1. The second kappa shape index (κ2) is 5.60. The number of fused-ring (bicyclic) bond motifs is 1. The molecular formula is C14H10N4OS2. The number of hydrogen-bond acceptors (Lipinski definition) is 5. The number of aryl methyl sites for hydroxylation is 1. The molecule has 2 aromatic heterocycles. The number of amides is 1. The normalized spacial score (nSPS) is 10.5. The summed E-state index contributed by atoms with van der Waals surface area (Å²) in [6.07, 6.45) is 1.73. The summed E-state index contributed by atoms with van der Waals surface area (Å²) in [4.78, 5) is 18.1. The molecule has 0 aliphatic rings. The average molecular weight is 314 g/mol. The first kappa shape index (κ1) is 13.7. The van der Waals surface area contributed by atoms with Gasteiger partial charge >= 0.3 is 0 Å². The molecule has 1 N–H and O–H groups in total. The molecule has 7 heteroatoms. The van der Waals surface area contributed by atoms with E-state index in [1.807, 2.05) is 22.1 Å². The van der Waals surface area contributed by atoms with Gasteiger partial charge in [-0.15, -0.1) is 11.3 Å². The Balaban J connectivity index is 1.77. The Morgan fingerprint density at radius 2 is 2.19 bits per heavy atom. The maximum absolute atomic E-state index is 12.2. The second-order valence-electron chi connectivity index (χ2n) is 4.33. The summed E-state index contributed by atoms with van der Waals surface area (Å²) >= 11 is 2.59. The Morgan fingerprint density at radius 1 is 1.43 bits per heavy atom. The van der Waals surface area contributed by atoms with Gasteiger partial charge in [0, 0.05) is 27.9 Å². The van der Waals surface area contributed by atoms with Gasteiger partial charge < -0.3 is 5.32 Å². The van der Waals surface area contributed by atoms with Crippen LogP contribution in [-0.2, 0) is 0 Å². The lowest BCUT2D eigenvalue weighted by molar-refractivity contribution is 0.102. The number of benzene rings is 1. The minimum Gasteiger partial charge on any atom is -0.321 e. The average Bonchev–Trinajstić information content (AvgIpc) is 3.04. The van der Waals surface area contributed by atoms with Gasteiger partial charge in [-0.1, -0.05) is 0 Å². The van der Waals surface area contributed by atoms with Gasteiger partial charge in [-0.25, -0.2) is 4.98 Å². The van der Waals surface area contributed by atoms with E-state index < -0.39 is 0 Å². The summed E-state index contributed by atoms with van der Waals surface area (Å²) in [6, 6.07) is 7.11. The minimum atomic E-state index is -0.244. The number of thioether (sulfide) groups is 1. The van der Waals surface area contributed by atoms with Crippen molar-refractivity contribution in [1.29, 1.82) is 5.26 Å². The van der Waals surface area contributed by atoms with Crippen LogP contribution in [0.5, 0.6) is 0 Å². The first-order valence-electron chi connectivity index (χ1n) is 6.08. The Bertz CT molecular complexity index is 842. The summed E-state index contributed by atoms with van der Waals surface area (Å²) in [6.45, 7) is 1.97. The molecule has 0 fully saturated rings. The number of carbonyl (C=O) groups excluding carboxylic acids is 1. The smallest absolute Gasteiger partial charge is 0.275 e. The Morgan fingerprint density at radius 3 is 2.86 bits per heavy atom. The van der Waals surface area contributed by atoms with Crippen LogP contribution < -0.4 is 5.32 Å². The van der Waals surface area contributed by atoms with Gasteiger partial charge in [-0.3, -0.25) is 9.20 Å². The van der Waals surface area contributed by atoms with Gasteiger partial charge in [-0.05, 0) is 43.0 Å². The molecular weight excluding hydrogens is 304 g/mol. The summed E-state index contributed by atoms with van der Waals surface area (Å²) in [5, 5.41) is 15.4. The predicted octanol–water partition coefficient (Wildman–Crippen LogP) is 3.53. The Labute approximate surface area is 129 Å². The lowest BCUT2D eigenvalue weighted by Gasteiger charge is -2.03. The van der Waals surface area contributed by atoms with E-state index in [0.29, 0.717) is 11.4 Å². The zero-order valence-corrected chi connectivity index (χ0v) is 12.7. The quantitative estimate of drug-likeness (QED) is 0.593. The third kappa shape index (κ3) is 2.77. The van der Waals surface area contributed by atoms with Crippen molar-refractivity contribution in [2.75, 3.05) is 5.32 Å². The van der Waals surface area contributed by atoms with E-state index >= 15 is 0 Å². The molecule has 0 bridgehead atoms. The van der Waals surface area contributed by atoms with Gasteiger partial charge in [0.1, 0.15) is 11.1 Å². The number of nitrogens with zero attached hydrogens (tertiary/aromatic N) is 3. The van der Waals surface area contributed by atoms with Crippen LogP contribution >= 0.6 is 23.1 Å². The van der Waals surface area contributed by atoms with E-state index in [2.05, 4.69) is 10.3 Å². The standard InChI is InChI=1S/C14H10N4OS2/c1-9-7-20-14-17-12(6-18(9)14)13(19)16-10-2-4-11(5-3-10)21-8-15/h2-7H,1H3,(H,16,19). The maximum atomic E-state index is 12.2. The molecule has 104 valence electrons. The Kier molecular flexibility index (Phi) is 3.64. The highest BCUT2D eigenvalue weighted by atomic mass is 32.2. The molecule has 1 amide bonds. The number of imidazole rings is 1. The maximum Gasteiger partial charge on any atom is 0.275 e. The molecule has 0 atom stereocenters. The molecule has 0 saturated carbocycles. The SMILES string of the molecule is Cc1csc2nc(C(=O)Nc3ccc(SC#N)cc3)cn12. The topological polar surface area (TPSA) is 70.2 Å². The molecule has 1 aromatic carbocycles. The highest BCUT2D eigenvalue weighted by molar-refractivity contribution is 8.03. The molecule has 3 aromatic rings. The lowest BCUT2D eigenvalue weighted by Crippen LogP contribution is -2.12. The molecule has 0 aliphatic carbocycles. The number of nitrogens with one attached hydrogen (secondary N) is 1. The van der Waals surface area contributed by atoms with E-state index in [1.54, 1.807) is 30.5 Å². The van der Waals surface area contributed by atoms with Crippen LogP contribution in [-0.4, -0.2) is 15.3 Å². The summed E-state index contributed by atoms with van der Waals surface area (Å²) in [5.74, 6) is -0.244. The van der Waals surface area contributed by atoms with Gasteiger partial charge in [0.2, 0.25) is 0 Å². The van der Waals surface area contributed by atoms with Gasteiger partial charge in [0.05, 0.1) is 0 Å². The fraction of sp³-hybridized carbons (Fsp3) is 0.0714. The van der Waals surface area contributed by atoms with Crippen LogP contribution in [0.25, 0.3) is 4.96 Å². The minimum absolute atomic E-state index is 0.244. The van der Waals surface area contributed by atoms with Crippen molar-refractivity contribution < 1.29 is 4.79 Å². The molecule has 0 aliphatic heterocycles. The van der Waals surface area contributed by atoms with Crippen molar-refractivity contribution in [2.24, 2.45) is 0 Å². The van der Waals surface area contributed by atoms with Crippen LogP contribution in [0, 0.1) is 17.6 Å². The number of thiazole rings is 1. The van der Waals surface area contributed by atoms with Crippen LogP contribution in [0.3, 0.4) is 0 Å².